The van der Waals surface area contributed by atoms with Crippen LogP contribution in [0.1, 0.15) is 17.5 Å². The fourth-order valence-corrected chi connectivity index (χ4v) is 3.79. The Morgan fingerprint density at radius 1 is 1.28 bits per heavy atom. The van der Waals surface area contributed by atoms with Crippen molar-refractivity contribution in [2.75, 3.05) is 29.5 Å². The molecule has 1 aromatic carbocycles. The average molecular weight is 288 g/mol. The SMILES string of the molecule is Cc1cc(N2CCCS(=O)(=O)CC2)ccc1CCl. The Balaban J connectivity index is 2.19. The normalized spacial score (nSPS) is 19.6. The predicted octanol–water partition coefficient (Wildman–Crippen LogP) is 2.36. The van der Waals surface area contributed by atoms with Crippen molar-refractivity contribution in [1.29, 1.82) is 0 Å². The van der Waals surface area contributed by atoms with Crippen molar-refractivity contribution < 1.29 is 8.42 Å². The summed E-state index contributed by atoms with van der Waals surface area (Å²) in [6, 6.07) is 6.15. The van der Waals surface area contributed by atoms with Gasteiger partial charge in [0.1, 0.15) is 0 Å². The molecule has 1 saturated heterocycles. The van der Waals surface area contributed by atoms with E-state index in [-0.39, 0.29) is 5.75 Å². The third kappa shape index (κ3) is 3.18. The Labute approximate surface area is 114 Å². The number of sulfone groups is 1. The van der Waals surface area contributed by atoms with E-state index in [0.717, 1.165) is 23.4 Å². The summed E-state index contributed by atoms with van der Waals surface area (Å²) in [5, 5.41) is 0. The first-order valence-electron chi connectivity index (χ1n) is 6.13. The number of hydrogen-bond donors (Lipinski definition) is 0. The third-order valence-corrected chi connectivity index (χ3v) is 5.39. The van der Waals surface area contributed by atoms with Crippen LogP contribution in [0.2, 0.25) is 0 Å². The van der Waals surface area contributed by atoms with Crippen LogP contribution in [0.5, 0.6) is 0 Å². The van der Waals surface area contributed by atoms with Gasteiger partial charge in [-0.3, -0.25) is 0 Å². The van der Waals surface area contributed by atoms with Crippen molar-refractivity contribution in [3.05, 3.63) is 29.3 Å². The van der Waals surface area contributed by atoms with Crippen LogP contribution in [0.25, 0.3) is 0 Å². The maximum Gasteiger partial charge on any atom is 0.152 e. The largest absolute Gasteiger partial charge is 0.370 e. The number of halogens is 1. The van der Waals surface area contributed by atoms with Crippen LogP contribution in [0.3, 0.4) is 0 Å². The fourth-order valence-electron chi connectivity index (χ4n) is 2.22. The molecule has 0 radical (unpaired) electrons. The molecule has 0 bridgehead atoms. The van der Waals surface area contributed by atoms with Crippen molar-refractivity contribution in [3.63, 3.8) is 0 Å². The van der Waals surface area contributed by atoms with Crippen molar-refractivity contribution in [2.45, 2.75) is 19.2 Å². The van der Waals surface area contributed by atoms with E-state index >= 15 is 0 Å². The summed E-state index contributed by atoms with van der Waals surface area (Å²) in [5.74, 6) is 1.08. The molecule has 0 unspecified atom stereocenters. The number of rotatable bonds is 2. The van der Waals surface area contributed by atoms with Crippen molar-refractivity contribution in [3.8, 4) is 0 Å². The zero-order chi connectivity index (χ0) is 13.2. The molecule has 1 fully saturated rings. The average Bonchev–Trinajstić information content (AvgIpc) is 2.50. The lowest BCUT2D eigenvalue weighted by molar-refractivity contribution is 0.597. The third-order valence-electron chi connectivity index (χ3n) is 3.39. The molecule has 100 valence electrons. The van der Waals surface area contributed by atoms with Gasteiger partial charge in [-0.1, -0.05) is 6.07 Å². The first kappa shape index (κ1) is 13.7. The van der Waals surface area contributed by atoms with Gasteiger partial charge in [-0.15, -0.1) is 11.6 Å². The van der Waals surface area contributed by atoms with Crippen molar-refractivity contribution >= 4 is 27.1 Å². The molecule has 2 rings (SSSR count). The van der Waals surface area contributed by atoms with Crippen LogP contribution in [0, 0.1) is 6.92 Å². The van der Waals surface area contributed by atoms with Crippen LogP contribution in [0.4, 0.5) is 5.69 Å². The van der Waals surface area contributed by atoms with E-state index in [1.165, 1.54) is 0 Å². The number of benzene rings is 1. The van der Waals surface area contributed by atoms with Gasteiger partial charge >= 0.3 is 0 Å². The van der Waals surface area contributed by atoms with E-state index < -0.39 is 9.84 Å². The van der Waals surface area contributed by atoms with Gasteiger partial charge in [0.05, 0.1) is 11.5 Å². The van der Waals surface area contributed by atoms with E-state index in [0.29, 0.717) is 24.6 Å². The maximum atomic E-state index is 11.6. The van der Waals surface area contributed by atoms with Crippen molar-refractivity contribution in [2.24, 2.45) is 0 Å². The molecule has 3 nitrogen and oxygen atoms in total. The van der Waals surface area contributed by atoms with Gasteiger partial charge in [0, 0.05) is 24.7 Å². The van der Waals surface area contributed by atoms with Gasteiger partial charge in [-0.05, 0) is 36.6 Å². The molecule has 1 aliphatic rings. The highest BCUT2D eigenvalue weighted by Gasteiger charge is 2.19. The zero-order valence-corrected chi connectivity index (χ0v) is 12.1. The standard InChI is InChI=1S/C13H18ClNO2S/c1-11-9-13(4-3-12(11)10-14)15-5-2-7-18(16,17)8-6-15/h3-4,9H,2,5-8,10H2,1H3. The second-order valence-corrected chi connectivity index (χ2v) is 7.31. The Hall–Kier alpha value is -0.740. The molecule has 5 heteroatoms. The van der Waals surface area contributed by atoms with Crippen LogP contribution >= 0.6 is 11.6 Å². The van der Waals surface area contributed by atoms with E-state index in [2.05, 4.69) is 11.0 Å². The summed E-state index contributed by atoms with van der Waals surface area (Å²) in [5.41, 5.74) is 3.39. The smallest absolute Gasteiger partial charge is 0.152 e. The van der Waals surface area contributed by atoms with Crippen LogP contribution in [-0.2, 0) is 15.7 Å². The van der Waals surface area contributed by atoms with E-state index in [1.807, 2.05) is 19.1 Å². The summed E-state index contributed by atoms with van der Waals surface area (Å²) in [6.07, 6.45) is 0.707. The lowest BCUT2D eigenvalue weighted by Crippen LogP contribution is -2.26. The van der Waals surface area contributed by atoms with Crippen LogP contribution < -0.4 is 4.90 Å². The van der Waals surface area contributed by atoms with E-state index in [4.69, 9.17) is 11.6 Å². The molecule has 0 N–H and O–H groups in total. The zero-order valence-electron chi connectivity index (χ0n) is 10.5. The Morgan fingerprint density at radius 2 is 2.06 bits per heavy atom. The summed E-state index contributed by atoms with van der Waals surface area (Å²) in [4.78, 5) is 2.15. The Kier molecular flexibility index (Phi) is 4.17. The monoisotopic (exact) mass is 287 g/mol. The van der Waals surface area contributed by atoms with Gasteiger partial charge in [0.25, 0.3) is 0 Å². The Morgan fingerprint density at radius 3 is 2.72 bits per heavy atom. The minimum atomic E-state index is -2.85. The summed E-state index contributed by atoms with van der Waals surface area (Å²) in [6.45, 7) is 3.43. The predicted molar refractivity (Wildman–Crippen MR) is 76.2 cm³/mol. The number of nitrogens with zero attached hydrogens (tertiary/aromatic N) is 1. The number of alkyl halides is 1. The highest BCUT2D eigenvalue weighted by atomic mass is 35.5. The van der Waals surface area contributed by atoms with Gasteiger partial charge < -0.3 is 4.90 Å². The molecule has 0 saturated carbocycles. The molecule has 1 aromatic rings. The molecule has 1 aliphatic heterocycles. The lowest BCUT2D eigenvalue weighted by Gasteiger charge is -2.23. The molecule has 0 amide bonds. The molecular formula is C13H18ClNO2S. The van der Waals surface area contributed by atoms with Crippen LogP contribution in [0.15, 0.2) is 18.2 Å². The summed E-state index contributed by atoms with van der Waals surface area (Å²) >= 11 is 5.84. The number of aryl methyl sites for hydroxylation is 1. The van der Waals surface area contributed by atoms with E-state index in [9.17, 15) is 8.42 Å². The van der Waals surface area contributed by atoms with Gasteiger partial charge in [0.15, 0.2) is 9.84 Å². The minimum absolute atomic E-state index is 0.253. The van der Waals surface area contributed by atoms with E-state index in [1.54, 1.807) is 0 Å². The molecular weight excluding hydrogens is 270 g/mol. The first-order valence-corrected chi connectivity index (χ1v) is 8.48. The molecule has 0 atom stereocenters. The quantitative estimate of drug-likeness (QED) is 0.784. The van der Waals surface area contributed by atoms with Crippen LogP contribution in [-0.4, -0.2) is 33.0 Å². The minimum Gasteiger partial charge on any atom is -0.370 e. The molecule has 0 spiro atoms. The second-order valence-electron chi connectivity index (χ2n) is 4.74. The molecule has 1 heterocycles. The first-order chi connectivity index (χ1) is 8.52. The fraction of sp³-hybridized carbons (Fsp3) is 0.538. The lowest BCUT2D eigenvalue weighted by atomic mass is 10.1. The van der Waals surface area contributed by atoms with Gasteiger partial charge in [0.2, 0.25) is 0 Å². The van der Waals surface area contributed by atoms with Gasteiger partial charge in [-0.2, -0.15) is 0 Å². The highest BCUT2D eigenvalue weighted by Crippen LogP contribution is 2.22. The second kappa shape index (κ2) is 5.49. The highest BCUT2D eigenvalue weighted by molar-refractivity contribution is 7.91. The number of anilines is 1. The molecule has 18 heavy (non-hydrogen) atoms. The number of hydrogen-bond acceptors (Lipinski definition) is 3. The molecule has 0 aliphatic carbocycles. The summed E-state index contributed by atoms with van der Waals surface area (Å²) < 4.78 is 23.1. The topological polar surface area (TPSA) is 37.4 Å². The molecule has 0 aromatic heterocycles. The van der Waals surface area contributed by atoms with Crippen molar-refractivity contribution in [1.82, 2.24) is 0 Å². The summed E-state index contributed by atoms with van der Waals surface area (Å²) in [7, 11) is -2.85. The maximum absolute atomic E-state index is 11.6. The Bertz CT molecular complexity index is 528. The van der Waals surface area contributed by atoms with Gasteiger partial charge in [-0.25, -0.2) is 8.42 Å².